The lowest BCUT2D eigenvalue weighted by atomic mass is 9.97. The quantitative estimate of drug-likeness (QED) is 0.845. The zero-order valence-electron chi connectivity index (χ0n) is 12.2. The maximum atomic E-state index is 12.8. The lowest BCUT2D eigenvalue weighted by Crippen LogP contribution is -2.44. The molecule has 23 heavy (non-hydrogen) atoms. The molecule has 0 bridgehead atoms. The summed E-state index contributed by atoms with van der Waals surface area (Å²) in [6.07, 6.45) is -3.90. The van der Waals surface area contributed by atoms with Crippen molar-refractivity contribution in [1.82, 2.24) is 10.1 Å². The molecule has 1 aliphatic rings. The van der Waals surface area contributed by atoms with E-state index in [0.717, 1.165) is 5.56 Å². The molecule has 7 heteroatoms. The van der Waals surface area contributed by atoms with E-state index in [1.165, 1.54) is 11.0 Å². The Kier molecular flexibility index (Phi) is 4.11. The van der Waals surface area contributed by atoms with Crippen LogP contribution < -0.4 is 0 Å². The highest BCUT2D eigenvalue weighted by Crippen LogP contribution is 2.33. The molecular weight excluding hydrogens is 309 g/mol. The summed E-state index contributed by atoms with van der Waals surface area (Å²) in [5.41, 5.74) is 1.26. The third kappa shape index (κ3) is 3.38. The highest BCUT2D eigenvalue weighted by atomic mass is 19.4. The molecule has 1 aromatic heterocycles. The van der Waals surface area contributed by atoms with Gasteiger partial charge in [-0.3, -0.25) is 4.79 Å². The summed E-state index contributed by atoms with van der Waals surface area (Å²) in [5.74, 6) is -2.06. The van der Waals surface area contributed by atoms with Gasteiger partial charge in [-0.2, -0.15) is 13.2 Å². The number of nitrogens with zero attached hydrogens (tertiary/aromatic N) is 2. The minimum Gasteiger partial charge on any atom is -0.350 e. The zero-order chi connectivity index (χ0) is 16.4. The molecule has 2 aromatic rings. The third-order valence-electron chi connectivity index (χ3n) is 3.96. The van der Waals surface area contributed by atoms with Gasteiger partial charge in [-0.15, -0.1) is 0 Å². The lowest BCUT2D eigenvalue weighted by molar-refractivity contribution is -0.184. The third-order valence-corrected chi connectivity index (χ3v) is 3.96. The summed E-state index contributed by atoms with van der Waals surface area (Å²) in [5, 5.41) is 3.83. The fourth-order valence-electron chi connectivity index (χ4n) is 2.71. The Balaban J connectivity index is 1.75. The zero-order valence-corrected chi connectivity index (χ0v) is 12.2. The Morgan fingerprint density at radius 1 is 1.26 bits per heavy atom. The van der Waals surface area contributed by atoms with Crippen molar-refractivity contribution in [3.05, 3.63) is 42.2 Å². The highest BCUT2D eigenvalue weighted by Gasteiger charge is 2.43. The molecule has 122 valence electrons. The summed E-state index contributed by atoms with van der Waals surface area (Å²) < 4.78 is 43.5. The smallest absolute Gasteiger partial charge is 0.350 e. The predicted octanol–water partition coefficient (Wildman–Crippen LogP) is 3.76. The fourth-order valence-corrected chi connectivity index (χ4v) is 2.71. The van der Waals surface area contributed by atoms with E-state index in [4.69, 9.17) is 4.52 Å². The van der Waals surface area contributed by atoms with Crippen LogP contribution in [0.3, 0.4) is 0 Å². The lowest BCUT2D eigenvalue weighted by Gasteiger charge is -2.33. The predicted molar refractivity (Wildman–Crippen MR) is 76.6 cm³/mol. The van der Waals surface area contributed by atoms with E-state index >= 15 is 0 Å². The number of rotatable bonds is 2. The molecule has 4 nitrogen and oxygen atoms in total. The van der Waals surface area contributed by atoms with Crippen molar-refractivity contribution in [2.24, 2.45) is 5.92 Å². The molecule has 1 aromatic carbocycles. The van der Waals surface area contributed by atoms with Crippen LogP contribution in [0.2, 0.25) is 0 Å². The first-order chi connectivity index (χ1) is 10.9. The molecular formula is C16H15F3N2O2. The van der Waals surface area contributed by atoms with Crippen LogP contribution in [-0.2, 0) is 0 Å². The van der Waals surface area contributed by atoms with Crippen LogP contribution in [0, 0.1) is 5.92 Å². The fraction of sp³-hybridized carbons (Fsp3) is 0.375. The van der Waals surface area contributed by atoms with Crippen molar-refractivity contribution in [2.45, 2.75) is 19.0 Å². The summed E-state index contributed by atoms with van der Waals surface area (Å²) in [4.78, 5) is 13.5. The minimum atomic E-state index is -4.28. The summed E-state index contributed by atoms with van der Waals surface area (Å²) in [6.45, 7) is -0.0313. The maximum absolute atomic E-state index is 12.8. The van der Waals surface area contributed by atoms with Crippen molar-refractivity contribution >= 4 is 5.91 Å². The normalized spacial score (nSPS) is 18.9. The summed E-state index contributed by atoms with van der Waals surface area (Å²) in [6, 6.07) is 10.6. The van der Waals surface area contributed by atoms with E-state index in [2.05, 4.69) is 5.16 Å². The van der Waals surface area contributed by atoms with Crippen LogP contribution in [0.4, 0.5) is 13.2 Å². The second kappa shape index (κ2) is 6.06. The number of halogens is 3. The van der Waals surface area contributed by atoms with Gasteiger partial charge in [0.05, 0.1) is 5.92 Å². The molecule has 3 rings (SSSR count). The van der Waals surface area contributed by atoms with Gasteiger partial charge in [0, 0.05) is 24.7 Å². The highest BCUT2D eigenvalue weighted by molar-refractivity contribution is 5.92. The summed E-state index contributed by atoms with van der Waals surface area (Å²) in [7, 11) is 0. The number of hydrogen-bond acceptors (Lipinski definition) is 3. The molecule has 0 saturated carbocycles. The Morgan fingerprint density at radius 2 is 2.00 bits per heavy atom. The molecule has 1 aliphatic heterocycles. The molecule has 1 fully saturated rings. The number of piperidine rings is 1. The van der Waals surface area contributed by atoms with E-state index in [9.17, 15) is 18.0 Å². The van der Waals surface area contributed by atoms with Crippen molar-refractivity contribution in [3.63, 3.8) is 0 Å². The molecule has 1 saturated heterocycles. The van der Waals surface area contributed by atoms with Crippen LogP contribution >= 0.6 is 0 Å². The van der Waals surface area contributed by atoms with Crippen LogP contribution in [0.25, 0.3) is 11.3 Å². The first-order valence-corrected chi connectivity index (χ1v) is 7.33. The van der Waals surface area contributed by atoms with E-state index < -0.39 is 18.0 Å². The number of carbonyl (C=O) groups is 1. The molecule has 0 N–H and O–H groups in total. The van der Waals surface area contributed by atoms with Gasteiger partial charge in [0.2, 0.25) is 5.76 Å². The molecule has 0 radical (unpaired) electrons. The van der Waals surface area contributed by atoms with Crippen LogP contribution in [0.15, 0.2) is 40.9 Å². The summed E-state index contributed by atoms with van der Waals surface area (Å²) >= 11 is 0. The van der Waals surface area contributed by atoms with Crippen LogP contribution in [0.5, 0.6) is 0 Å². The standard InChI is InChI=1S/C16H15F3N2O2/c17-16(18,19)12-7-4-8-21(10-12)15(22)14-9-13(20-23-14)11-5-2-1-3-6-11/h1-3,5-6,9,12H,4,7-8,10H2/t12-/m0/s1. The molecule has 2 heterocycles. The first-order valence-electron chi connectivity index (χ1n) is 7.33. The number of aromatic nitrogens is 1. The Hall–Kier alpha value is -2.31. The van der Waals surface area contributed by atoms with Gasteiger partial charge in [-0.05, 0) is 12.8 Å². The monoisotopic (exact) mass is 324 g/mol. The molecule has 1 atom stereocenters. The number of hydrogen-bond donors (Lipinski definition) is 0. The van der Waals surface area contributed by atoms with Gasteiger partial charge >= 0.3 is 6.18 Å². The Bertz CT molecular complexity index is 682. The SMILES string of the molecule is O=C(c1cc(-c2ccccc2)no1)N1CCC[C@H](C(F)(F)F)C1. The second-order valence-electron chi connectivity index (χ2n) is 5.57. The topological polar surface area (TPSA) is 46.3 Å². The number of benzene rings is 1. The van der Waals surface area contributed by atoms with Gasteiger partial charge < -0.3 is 9.42 Å². The minimum absolute atomic E-state index is 0.0355. The van der Waals surface area contributed by atoms with E-state index in [0.29, 0.717) is 18.7 Å². The average Bonchev–Trinajstić information content (AvgIpc) is 3.04. The van der Waals surface area contributed by atoms with Crippen molar-refractivity contribution in [3.8, 4) is 11.3 Å². The number of likely N-dealkylation sites (tertiary alicyclic amines) is 1. The first kappa shape index (κ1) is 15.6. The Labute approximate surface area is 130 Å². The number of alkyl halides is 3. The van der Waals surface area contributed by atoms with E-state index in [-0.39, 0.29) is 18.7 Å². The van der Waals surface area contributed by atoms with Gasteiger partial charge in [0.25, 0.3) is 5.91 Å². The van der Waals surface area contributed by atoms with Crippen molar-refractivity contribution < 1.29 is 22.5 Å². The van der Waals surface area contributed by atoms with Gasteiger partial charge in [-0.25, -0.2) is 0 Å². The van der Waals surface area contributed by atoms with Crippen LogP contribution in [0.1, 0.15) is 23.4 Å². The van der Waals surface area contributed by atoms with Crippen molar-refractivity contribution in [2.75, 3.05) is 13.1 Å². The molecule has 0 aliphatic carbocycles. The van der Waals surface area contributed by atoms with E-state index in [1.54, 1.807) is 0 Å². The van der Waals surface area contributed by atoms with Gasteiger partial charge in [0.15, 0.2) is 0 Å². The van der Waals surface area contributed by atoms with E-state index in [1.807, 2.05) is 30.3 Å². The molecule has 1 amide bonds. The Morgan fingerprint density at radius 3 is 2.70 bits per heavy atom. The molecule has 0 unspecified atom stereocenters. The average molecular weight is 324 g/mol. The number of carbonyl (C=O) groups excluding carboxylic acids is 1. The van der Waals surface area contributed by atoms with Crippen LogP contribution in [-0.4, -0.2) is 35.2 Å². The maximum Gasteiger partial charge on any atom is 0.393 e. The molecule has 0 spiro atoms. The van der Waals surface area contributed by atoms with Gasteiger partial charge in [0.1, 0.15) is 5.69 Å². The van der Waals surface area contributed by atoms with Crippen molar-refractivity contribution in [1.29, 1.82) is 0 Å². The number of amides is 1. The largest absolute Gasteiger partial charge is 0.393 e. The van der Waals surface area contributed by atoms with Gasteiger partial charge in [-0.1, -0.05) is 35.5 Å². The second-order valence-corrected chi connectivity index (χ2v) is 5.57.